The number of nitrogens with zero attached hydrogens (tertiary/aromatic N) is 1. The van der Waals surface area contributed by atoms with Gasteiger partial charge in [0.15, 0.2) is 0 Å². The molecule has 0 saturated carbocycles. The largest absolute Gasteiger partial charge is 0.508 e. The molecule has 0 radical (unpaired) electrons. The van der Waals surface area contributed by atoms with Crippen LogP contribution in [0.25, 0.3) is 0 Å². The van der Waals surface area contributed by atoms with Crippen molar-refractivity contribution < 1.29 is 10.2 Å². The van der Waals surface area contributed by atoms with Crippen molar-refractivity contribution in [2.24, 2.45) is 5.92 Å². The van der Waals surface area contributed by atoms with E-state index in [4.69, 9.17) is 0 Å². The van der Waals surface area contributed by atoms with E-state index < -0.39 is 0 Å². The highest BCUT2D eigenvalue weighted by Gasteiger charge is 2.21. The summed E-state index contributed by atoms with van der Waals surface area (Å²) >= 11 is 0. The van der Waals surface area contributed by atoms with Crippen LogP contribution in [-0.2, 0) is 12.8 Å². The number of benzene rings is 2. The Bertz CT molecular complexity index is 603. The smallest absolute Gasteiger partial charge is 0.115 e. The molecular formula is C21H27NO2. The average Bonchev–Trinajstić information content (AvgIpc) is 2.60. The number of phenols is 1. The molecule has 1 heterocycles. The van der Waals surface area contributed by atoms with Gasteiger partial charge in [-0.3, -0.25) is 0 Å². The summed E-state index contributed by atoms with van der Waals surface area (Å²) in [5.74, 6) is 1.03. The SMILES string of the molecule is Oc1ccc(C[C@H](O)CN2CCC(Cc3ccccc3)CC2)cc1. The first kappa shape index (κ1) is 17.0. The number of rotatable bonds is 6. The zero-order chi connectivity index (χ0) is 16.8. The van der Waals surface area contributed by atoms with E-state index in [9.17, 15) is 10.2 Å². The molecule has 3 nitrogen and oxygen atoms in total. The van der Waals surface area contributed by atoms with E-state index in [2.05, 4.69) is 35.2 Å². The van der Waals surface area contributed by atoms with Crippen molar-refractivity contribution in [1.82, 2.24) is 4.90 Å². The van der Waals surface area contributed by atoms with Gasteiger partial charge in [-0.15, -0.1) is 0 Å². The van der Waals surface area contributed by atoms with Crippen LogP contribution >= 0.6 is 0 Å². The van der Waals surface area contributed by atoms with Gasteiger partial charge in [-0.05, 0) is 68.0 Å². The highest BCUT2D eigenvalue weighted by atomic mass is 16.3. The van der Waals surface area contributed by atoms with Crippen LogP contribution in [0, 0.1) is 5.92 Å². The van der Waals surface area contributed by atoms with Crippen molar-refractivity contribution in [1.29, 1.82) is 0 Å². The first-order valence-electron chi connectivity index (χ1n) is 8.91. The molecule has 0 unspecified atom stereocenters. The van der Waals surface area contributed by atoms with Gasteiger partial charge in [0.2, 0.25) is 0 Å². The van der Waals surface area contributed by atoms with E-state index in [0.29, 0.717) is 6.42 Å². The number of aromatic hydroxyl groups is 1. The summed E-state index contributed by atoms with van der Waals surface area (Å²) in [5, 5.41) is 19.6. The topological polar surface area (TPSA) is 43.7 Å². The average molecular weight is 325 g/mol. The highest BCUT2D eigenvalue weighted by molar-refractivity contribution is 5.26. The molecule has 1 atom stereocenters. The van der Waals surface area contributed by atoms with Gasteiger partial charge < -0.3 is 15.1 Å². The van der Waals surface area contributed by atoms with Crippen LogP contribution in [0.5, 0.6) is 5.75 Å². The number of aliphatic hydroxyl groups is 1. The van der Waals surface area contributed by atoms with Crippen LogP contribution in [0.3, 0.4) is 0 Å². The maximum Gasteiger partial charge on any atom is 0.115 e. The molecule has 1 aliphatic heterocycles. The third-order valence-corrected chi connectivity index (χ3v) is 4.95. The Morgan fingerprint density at radius 2 is 1.58 bits per heavy atom. The second-order valence-electron chi connectivity index (χ2n) is 6.96. The van der Waals surface area contributed by atoms with E-state index in [-0.39, 0.29) is 11.9 Å². The van der Waals surface area contributed by atoms with Crippen LogP contribution in [0.15, 0.2) is 54.6 Å². The Hall–Kier alpha value is -1.84. The Morgan fingerprint density at radius 3 is 2.25 bits per heavy atom. The second-order valence-corrected chi connectivity index (χ2v) is 6.96. The Labute approximate surface area is 144 Å². The van der Waals surface area contributed by atoms with Crippen LogP contribution in [0.2, 0.25) is 0 Å². The summed E-state index contributed by atoms with van der Waals surface area (Å²) in [6.45, 7) is 2.88. The Balaban J connectivity index is 1.41. The summed E-state index contributed by atoms with van der Waals surface area (Å²) in [7, 11) is 0. The van der Waals surface area contributed by atoms with Gasteiger partial charge in [-0.2, -0.15) is 0 Å². The fourth-order valence-electron chi connectivity index (χ4n) is 3.59. The summed E-state index contributed by atoms with van der Waals surface area (Å²) in [6, 6.07) is 17.8. The number of hydrogen-bond acceptors (Lipinski definition) is 3. The molecule has 128 valence electrons. The van der Waals surface area contributed by atoms with Gasteiger partial charge in [-0.1, -0.05) is 42.5 Å². The van der Waals surface area contributed by atoms with E-state index in [1.807, 2.05) is 12.1 Å². The van der Waals surface area contributed by atoms with Crippen LogP contribution in [0.1, 0.15) is 24.0 Å². The van der Waals surface area contributed by atoms with Crippen LogP contribution in [0.4, 0.5) is 0 Å². The predicted octanol–water partition coefficient (Wildman–Crippen LogP) is 3.25. The van der Waals surface area contributed by atoms with E-state index in [1.165, 1.54) is 24.8 Å². The fourth-order valence-corrected chi connectivity index (χ4v) is 3.59. The zero-order valence-corrected chi connectivity index (χ0v) is 14.1. The summed E-state index contributed by atoms with van der Waals surface area (Å²) in [6.07, 6.45) is 3.89. The van der Waals surface area contributed by atoms with Gasteiger partial charge in [0.05, 0.1) is 6.10 Å². The number of phenolic OH excluding ortho intramolecular Hbond substituents is 1. The lowest BCUT2D eigenvalue weighted by Gasteiger charge is -2.33. The summed E-state index contributed by atoms with van der Waals surface area (Å²) in [4.78, 5) is 2.38. The summed E-state index contributed by atoms with van der Waals surface area (Å²) < 4.78 is 0. The maximum atomic E-state index is 10.3. The molecule has 3 heteroatoms. The van der Waals surface area contributed by atoms with Crippen LogP contribution in [-0.4, -0.2) is 40.9 Å². The number of aliphatic hydroxyl groups excluding tert-OH is 1. The molecule has 1 saturated heterocycles. The fraction of sp³-hybridized carbons (Fsp3) is 0.429. The molecule has 0 aliphatic carbocycles. The molecule has 0 bridgehead atoms. The van der Waals surface area contributed by atoms with E-state index in [1.54, 1.807) is 12.1 Å². The van der Waals surface area contributed by atoms with Crippen molar-refractivity contribution in [2.75, 3.05) is 19.6 Å². The second kappa shape index (κ2) is 8.32. The molecule has 2 aromatic carbocycles. The number of β-amino-alcohol motifs (C(OH)–C–C–N with tert-alkyl or cyclic N) is 1. The van der Waals surface area contributed by atoms with Gasteiger partial charge in [0.25, 0.3) is 0 Å². The normalized spacial score (nSPS) is 17.7. The molecule has 0 spiro atoms. The maximum absolute atomic E-state index is 10.3. The monoisotopic (exact) mass is 325 g/mol. The van der Waals surface area contributed by atoms with E-state index >= 15 is 0 Å². The zero-order valence-electron chi connectivity index (χ0n) is 14.1. The van der Waals surface area contributed by atoms with Gasteiger partial charge >= 0.3 is 0 Å². The van der Waals surface area contributed by atoms with Crippen molar-refractivity contribution in [3.05, 3.63) is 65.7 Å². The van der Waals surface area contributed by atoms with Crippen molar-refractivity contribution >= 4 is 0 Å². The number of piperidine rings is 1. The minimum Gasteiger partial charge on any atom is -0.508 e. The van der Waals surface area contributed by atoms with Gasteiger partial charge in [-0.25, -0.2) is 0 Å². The molecule has 2 aromatic rings. The highest BCUT2D eigenvalue weighted by Crippen LogP contribution is 2.22. The van der Waals surface area contributed by atoms with E-state index in [0.717, 1.165) is 31.1 Å². The van der Waals surface area contributed by atoms with Gasteiger partial charge in [0, 0.05) is 6.54 Å². The van der Waals surface area contributed by atoms with Crippen molar-refractivity contribution in [2.45, 2.75) is 31.8 Å². The molecular weight excluding hydrogens is 298 g/mol. The van der Waals surface area contributed by atoms with Gasteiger partial charge in [0.1, 0.15) is 5.75 Å². The first-order chi connectivity index (χ1) is 11.7. The lowest BCUT2D eigenvalue weighted by Crippen LogP contribution is -2.39. The lowest BCUT2D eigenvalue weighted by atomic mass is 9.90. The molecule has 24 heavy (non-hydrogen) atoms. The Morgan fingerprint density at radius 1 is 0.917 bits per heavy atom. The standard InChI is InChI=1S/C21H27NO2/c23-20-8-6-18(7-9-20)15-21(24)16-22-12-10-19(11-13-22)14-17-4-2-1-3-5-17/h1-9,19,21,23-24H,10-16H2/t21-/m0/s1. The minimum absolute atomic E-state index is 0.272. The number of hydrogen-bond donors (Lipinski definition) is 2. The quantitative estimate of drug-likeness (QED) is 0.857. The van der Waals surface area contributed by atoms with Crippen LogP contribution < -0.4 is 0 Å². The molecule has 2 N–H and O–H groups in total. The molecule has 3 rings (SSSR count). The lowest BCUT2D eigenvalue weighted by molar-refractivity contribution is 0.0894. The first-order valence-corrected chi connectivity index (χ1v) is 8.91. The number of likely N-dealkylation sites (tertiary alicyclic amines) is 1. The third-order valence-electron chi connectivity index (χ3n) is 4.95. The molecule has 0 amide bonds. The summed E-state index contributed by atoms with van der Waals surface area (Å²) in [5.41, 5.74) is 2.50. The van der Waals surface area contributed by atoms with Crippen molar-refractivity contribution in [3.63, 3.8) is 0 Å². The van der Waals surface area contributed by atoms with Crippen molar-refractivity contribution in [3.8, 4) is 5.75 Å². The predicted molar refractivity (Wildman–Crippen MR) is 97.1 cm³/mol. The third kappa shape index (κ3) is 5.08. The minimum atomic E-state index is -0.347. The molecule has 1 aliphatic rings. The molecule has 1 fully saturated rings. The molecule has 0 aromatic heterocycles. The Kier molecular flexibility index (Phi) is 5.89.